The smallest absolute Gasteiger partial charge is 0.248 e. The molecular formula is C11H17N3O2. The van der Waals surface area contributed by atoms with Crippen molar-refractivity contribution in [3.8, 4) is 5.75 Å². The maximum atomic E-state index is 11.1. The number of likely N-dealkylation sites (N-methyl/N-ethyl adjacent to an activating group) is 1. The lowest BCUT2D eigenvalue weighted by atomic mass is 10.2. The second-order valence-electron chi connectivity index (χ2n) is 3.55. The standard InChI is InChI=1S/C11H17N3O2/c1-14(8-11(15)13-12)7-9-5-3-4-6-10(9)16-2/h3-6H,7-8,12H2,1-2H3,(H,13,15). The van der Waals surface area contributed by atoms with Crippen LogP contribution in [0.25, 0.3) is 0 Å². The van der Waals surface area contributed by atoms with Gasteiger partial charge in [-0.15, -0.1) is 0 Å². The molecule has 1 aromatic rings. The van der Waals surface area contributed by atoms with Crippen molar-refractivity contribution in [2.75, 3.05) is 20.7 Å². The average molecular weight is 223 g/mol. The summed E-state index contributed by atoms with van der Waals surface area (Å²) >= 11 is 0. The van der Waals surface area contributed by atoms with E-state index in [9.17, 15) is 4.79 Å². The molecule has 0 aliphatic carbocycles. The molecule has 0 heterocycles. The number of hydrogen-bond acceptors (Lipinski definition) is 4. The minimum Gasteiger partial charge on any atom is -0.496 e. The third kappa shape index (κ3) is 3.52. The fourth-order valence-electron chi connectivity index (χ4n) is 1.47. The molecule has 5 heteroatoms. The highest BCUT2D eigenvalue weighted by atomic mass is 16.5. The third-order valence-corrected chi connectivity index (χ3v) is 2.21. The molecule has 0 bridgehead atoms. The normalized spacial score (nSPS) is 10.2. The summed E-state index contributed by atoms with van der Waals surface area (Å²) in [6.07, 6.45) is 0. The molecular weight excluding hydrogens is 206 g/mol. The van der Waals surface area contributed by atoms with E-state index in [1.54, 1.807) is 7.11 Å². The summed E-state index contributed by atoms with van der Waals surface area (Å²) in [6.45, 7) is 0.895. The van der Waals surface area contributed by atoms with E-state index in [4.69, 9.17) is 10.6 Å². The molecule has 0 spiro atoms. The first-order valence-electron chi connectivity index (χ1n) is 4.97. The van der Waals surface area contributed by atoms with E-state index in [2.05, 4.69) is 5.43 Å². The second-order valence-corrected chi connectivity index (χ2v) is 3.55. The van der Waals surface area contributed by atoms with Crippen molar-refractivity contribution in [1.82, 2.24) is 10.3 Å². The Morgan fingerprint density at radius 3 is 2.81 bits per heavy atom. The van der Waals surface area contributed by atoms with Crippen LogP contribution in [0.3, 0.4) is 0 Å². The van der Waals surface area contributed by atoms with Crippen LogP contribution in [0, 0.1) is 0 Å². The van der Waals surface area contributed by atoms with E-state index in [1.807, 2.05) is 36.2 Å². The van der Waals surface area contributed by atoms with E-state index in [0.29, 0.717) is 6.54 Å². The third-order valence-electron chi connectivity index (χ3n) is 2.21. The Bertz CT molecular complexity index is 355. The number of benzene rings is 1. The van der Waals surface area contributed by atoms with Crippen molar-refractivity contribution in [1.29, 1.82) is 0 Å². The summed E-state index contributed by atoms with van der Waals surface area (Å²) in [5.41, 5.74) is 3.14. The van der Waals surface area contributed by atoms with Crippen molar-refractivity contribution in [2.24, 2.45) is 5.84 Å². The maximum Gasteiger partial charge on any atom is 0.248 e. The van der Waals surface area contributed by atoms with Crippen LogP contribution in [0.15, 0.2) is 24.3 Å². The maximum absolute atomic E-state index is 11.1. The fraction of sp³-hybridized carbons (Fsp3) is 0.364. The molecule has 3 N–H and O–H groups in total. The van der Waals surface area contributed by atoms with Gasteiger partial charge in [-0.1, -0.05) is 18.2 Å². The Labute approximate surface area is 95.2 Å². The van der Waals surface area contributed by atoms with Gasteiger partial charge in [0.15, 0.2) is 0 Å². The highest BCUT2D eigenvalue weighted by Crippen LogP contribution is 2.18. The van der Waals surface area contributed by atoms with Gasteiger partial charge in [0.2, 0.25) is 5.91 Å². The molecule has 0 saturated heterocycles. The largest absolute Gasteiger partial charge is 0.496 e. The Hall–Kier alpha value is -1.59. The summed E-state index contributed by atoms with van der Waals surface area (Å²) < 4.78 is 5.23. The number of carbonyl (C=O) groups is 1. The molecule has 1 rings (SSSR count). The molecule has 1 aromatic carbocycles. The zero-order valence-corrected chi connectivity index (χ0v) is 9.56. The lowest BCUT2D eigenvalue weighted by molar-refractivity contribution is -0.122. The summed E-state index contributed by atoms with van der Waals surface area (Å²) in [5, 5.41) is 0. The van der Waals surface area contributed by atoms with Crippen molar-refractivity contribution in [3.05, 3.63) is 29.8 Å². The number of nitrogens with one attached hydrogen (secondary N) is 1. The lowest BCUT2D eigenvalue weighted by Gasteiger charge is -2.17. The number of nitrogens with zero attached hydrogens (tertiary/aromatic N) is 1. The number of rotatable bonds is 5. The molecule has 0 saturated carbocycles. The van der Waals surface area contributed by atoms with Gasteiger partial charge in [0.1, 0.15) is 5.75 Å². The first-order chi connectivity index (χ1) is 7.67. The molecule has 0 radical (unpaired) electrons. The van der Waals surface area contributed by atoms with Gasteiger partial charge in [0.05, 0.1) is 13.7 Å². The first-order valence-corrected chi connectivity index (χ1v) is 4.97. The van der Waals surface area contributed by atoms with Crippen molar-refractivity contribution < 1.29 is 9.53 Å². The molecule has 1 amide bonds. The van der Waals surface area contributed by atoms with Gasteiger partial charge in [-0.3, -0.25) is 15.1 Å². The Kier molecular flexibility index (Phi) is 4.75. The quantitative estimate of drug-likeness (QED) is 0.422. The highest BCUT2D eigenvalue weighted by molar-refractivity contribution is 5.77. The van der Waals surface area contributed by atoms with E-state index in [-0.39, 0.29) is 12.5 Å². The zero-order chi connectivity index (χ0) is 12.0. The van der Waals surface area contributed by atoms with Gasteiger partial charge >= 0.3 is 0 Å². The van der Waals surface area contributed by atoms with E-state index in [1.165, 1.54) is 0 Å². The summed E-state index contributed by atoms with van der Waals surface area (Å²) in [7, 11) is 3.48. The Balaban J connectivity index is 2.61. The first kappa shape index (κ1) is 12.5. The molecule has 0 unspecified atom stereocenters. The lowest BCUT2D eigenvalue weighted by Crippen LogP contribution is -2.38. The van der Waals surface area contributed by atoms with Crippen LogP contribution in [0.4, 0.5) is 0 Å². The van der Waals surface area contributed by atoms with Crippen LogP contribution >= 0.6 is 0 Å². The number of amides is 1. The van der Waals surface area contributed by atoms with Crippen LogP contribution in [-0.4, -0.2) is 31.5 Å². The van der Waals surface area contributed by atoms with Crippen LogP contribution < -0.4 is 16.0 Å². The highest BCUT2D eigenvalue weighted by Gasteiger charge is 2.08. The number of methoxy groups -OCH3 is 1. The monoisotopic (exact) mass is 223 g/mol. The Morgan fingerprint density at radius 1 is 1.50 bits per heavy atom. The molecule has 0 aromatic heterocycles. The summed E-state index contributed by atoms with van der Waals surface area (Å²) in [4.78, 5) is 12.9. The van der Waals surface area contributed by atoms with Crippen molar-refractivity contribution >= 4 is 5.91 Å². The predicted octanol–water partition coefficient (Wildman–Crippen LogP) is 0.117. The molecule has 0 fully saturated rings. The molecule has 0 aliphatic heterocycles. The van der Waals surface area contributed by atoms with Gasteiger partial charge < -0.3 is 4.74 Å². The van der Waals surface area contributed by atoms with Crippen LogP contribution in [0.1, 0.15) is 5.56 Å². The topological polar surface area (TPSA) is 67.6 Å². The van der Waals surface area contributed by atoms with Gasteiger partial charge in [-0.2, -0.15) is 0 Å². The molecule has 5 nitrogen and oxygen atoms in total. The number of para-hydroxylation sites is 1. The Morgan fingerprint density at radius 2 is 2.19 bits per heavy atom. The molecule has 0 aliphatic rings. The van der Waals surface area contributed by atoms with Crippen LogP contribution in [-0.2, 0) is 11.3 Å². The number of nitrogens with two attached hydrogens (primary N) is 1. The van der Waals surface area contributed by atoms with E-state index in [0.717, 1.165) is 11.3 Å². The summed E-state index contributed by atoms with van der Waals surface area (Å²) in [6, 6.07) is 7.71. The van der Waals surface area contributed by atoms with Crippen LogP contribution in [0.2, 0.25) is 0 Å². The second kappa shape index (κ2) is 6.09. The van der Waals surface area contributed by atoms with Gasteiger partial charge in [0, 0.05) is 12.1 Å². The average Bonchev–Trinajstić information content (AvgIpc) is 2.29. The minimum atomic E-state index is -0.211. The molecule has 16 heavy (non-hydrogen) atoms. The van der Waals surface area contributed by atoms with E-state index < -0.39 is 0 Å². The number of hydrogen-bond donors (Lipinski definition) is 2. The SMILES string of the molecule is COc1ccccc1CN(C)CC(=O)NN. The van der Waals surface area contributed by atoms with E-state index >= 15 is 0 Å². The number of carbonyl (C=O) groups excluding carboxylic acids is 1. The summed E-state index contributed by atoms with van der Waals surface area (Å²) in [5.74, 6) is 5.63. The predicted molar refractivity (Wildman–Crippen MR) is 61.7 cm³/mol. The number of hydrazine groups is 1. The minimum absolute atomic E-state index is 0.211. The zero-order valence-electron chi connectivity index (χ0n) is 9.56. The van der Waals surface area contributed by atoms with Crippen molar-refractivity contribution in [2.45, 2.75) is 6.54 Å². The molecule has 0 atom stereocenters. The van der Waals surface area contributed by atoms with Crippen molar-refractivity contribution in [3.63, 3.8) is 0 Å². The van der Waals surface area contributed by atoms with Crippen LogP contribution in [0.5, 0.6) is 5.75 Å². The van der Waals surface area contributed by atoms with Gasteiger partial charge in [-0.05, 0) is 13.1 Å². The number of ether oxygens (including phenoxy) is 1. The molecule has 88 valence electrons. The van der Waals surface area contributed by atoms with Gasteiger partial charge in [0.25, 0.3) is 0 Å². The van der Waals surface area contributed by atoms with Gasteiger partial charge in [-0.25, -0.2) is 5.84 Å². The fourth-order valence-corrected chi connectivity index (χ4v) is 1.47.